The maximum Gasteiger partial charge on any atom is 0.118 e. The molecule has 0 aromatic heterocycles. The van der Waals surface area contributed by atoms with Crippen molar-refractivity contribution in [3.63, 3.8) is 0 Å². The highest BCUT2D eigenvalue weighted by molar-refractivity contribution is 5.27. The molecule has 1 rings (SSSR count). The van der Waals surface area contributed by atoms with Gasteiger partial charge in [-0.2, -0.15) is 0 Å². The van der Waals surface area contributed by atoms with Crippen LogP contribution in [0.1, 0.15) is 33.3 Å². The molecule has 0 amide bonds. The second-order valence-electron chi connectivity index (χ2n) is 7.02. The average Bonchev–Trinajstić information content (AvgIpc) is 2.46. The molecule has 1 N–H and O–H groups in total. The van der Waals surface area contributed by atoms with Gasteiger partial charge in [0.1, 0.15) is 5.75 Å². The summed E-state index contributed by atoms with van der Waals surface area (Å²) >= 11 is 0. The lowest BCUT2D eigenvalue weighted by Gasteiger charge is -2.27. The van der Waals surface area contributed by atoms with Crippen LogP contribution in [-0.2, 0) is 11.3 Å². The third-order valence-electron chi connectivity index (χ3n) is 3.42. The number of nitrogens with zero attached hydrogens (tertiary/aromatic N) is 1. The van der Waals surface area contributed by atoms with Crippen molar-refractivity contribution in [1.29, 1.82) is 0 Å². The molecule has 1 aromatic rings. The summed E-state index contributed by atoms with van der Waals surface area (Å²) in [6.07, 6.45) is -0.453. The van der Waals surface area contributed by atoms with Gasteiger partial charge in [0.2, 0.25) is 0 Å². The third kappa shape index (κ3) is 8.94. The molecule has 1 aromatic carbocycles. The van der Waals surface area contributed by atoms with E-state index in [2.05, 4.69) is 44.7 Å². The zero-order chi connectivity index (χ0) is 17.2. The molecule has 0 bridgehead atoms. The van der Waals surface area contributed by atoms with Gasteiger partial charge in [-0.15, -0.1) is 0 Å². The maximum absolute atomic E-state index is 10.2. The number of methoxy groups -OCH3 is 1. The number of benzene rings is 1. The van der Waals surface area contributed by atoms with Crippen LogP contribution in [0.3, 0.4) is 0 Å². The standard InChI is InChI=1S/C19H33NO3/c1-15(2)10-20(12-18(21)14-23-13-16(3)4)11-17-6-8-19(22-5)9-7-17/h6-9,15-16,18,21H,10-14H2,1-5H3/t18-/m0/s1. The number of aliphatic hydroxyl groups is 1. The molecule has 4 heteroatoms. The van der Waals surface area contributed by atoms with Gasteiger partial charge in [0.05, 0.1) is 19.8 Å². The van der Waals surface area contributed by atoms with Crippen LogP contribution < -0.4 is 4.74 Å². The summed E-state index contributed by atoms with van der Waals surface area (Å²) in [7, 11) is 1.67. The summed E-state index contributed by atoms with van der Waals surface area (Å²) in [4.78, 5) is 2.29. The minimum absolute atomic E-state index is 0.398. The van der Waals surface area contributed by atoms with Gasteiger partial charge >= 0.3 is 0 Å². The van der Waals surface area contributed by atoms with E-state index in [9.17, 15) is 5.11 Å². The molecule has 0 aliphatic heterocycles. The minimum atomic E-state index is -0.453. The second-order valence-corrected chi connectivity index (χ2v) is 7.02. The van der Waals surface area contributed by atoms with Crippen LogP contribution in [-0.4, -0.2) is 49.5 Å². The van der Waals surface area contributed by atoms with E-state index >= 15 is 0 Å². The molecule has 132 valence electrons. The first-order chi connectivity index (χ1) is 10.9. The van der Waals surface area contributed by atoms with Gasteiger partial charge in [0, 0.05) is 26.2 Å². The smallest absolute Gasteiger partial charge is 0.118 e. The minimum Gasteiger partial charge on any atom is -0.497 e. The molecular formula is C19H33NO3. The van der Waals surface area contributed by atoms with Crippen molar-refractivity contribution in [1.82, 2.24) is 4.90 Å². The van der Waals surface area contributed by atoms with E-state index in [4.69, 9.17) is 9.47 Å². The van der Waals surface area contributed by atoms with Crippen molar-refractivity contribution in [2.75, 3.05) is 33.4 Å². The summed E-state index contributed by atoms with van der Waals surface area (Å²) in [5.41, 5.74) is 1.22. The Balaban J connectivity index is 2.53. The van der Waals surface area contributed by atoms with Crippen molar-refractivity contribution in [2.45, 2.75) is 40.3 Å². The molecule has 0 aliphatic carbocycles. The normalized spacial score (nSPS) is 13.1. The number of aliphatic hydroxyl groups excluding tert-OH is 1. The predicted molar refractivity (Wildman–Crippen MR) is 94.8 cm³/mol. The van der Waals surface area contributed by atoms with E-state index in [0.717, 1.165) is 18.8 Å². The Hall–Kier alpha value is -1.10. The third-order valence-corrected chi connectivity index (χ3v) is 3.42. The lowest BCUT2D eigenvalue weighted by atomic mass is 10.1. The van der Waals surface area contributed by atoms with Gasteiger partial charge in [-0.3, -0.25) is 4.90 Å². The SMILES string of the molecule is COc1ccc(CN(CC(C)C)C[C@H](O)COCC(C)C)cc1. The molecule has 0 aliphatic rings. The van der Waals surface area contributed by atoms with E-state index in [-0.39, 0.29) is 0 Å². The summed E-state index contributed by atoms with van der Waals surface area (Å²) in [6, 6.07) is 8.11. The zero-order valence-electron chi connectivity index (χ0n) is 15.3. The fraction of sp³-hybridized carbons (Fsp3) is 0.684. The molecule has 23 heavy (non-hydrogen) atoms. The molecule has 0 radical (unpaired) electrons. The Labute approximate surface area is 141 Å². The van der Waals surface area contributed by atoms with Gasteiger partial charge in [-0.1, -0.05) is 39.8 Å². The van der Waals surface area contributed by atoms with Gasteiger partial charge in [0.15, 0.2) is 0 Å². The largest absolute Gasteiger partial charge is 0.497 e. The van der Waals surface area contributed by atoms with Crippen LogP contribution in [0.5, 0.6) is 5.75 Å². The predicted octanol–water partition coefficient (Wildman–Crippen LogP) is 3.19. The molecule has 1 atom stereocenters. The number of hydrogen-bond donors (Lipinski definition) is 1. The second kappa shape index (κ2) is 10.6. The van der Waals surface area contributed by atoms with Crippen LogP contribution in [0.2, 0.25) is 0 Å². The Kier molecular flexibility index (Phi) is 9.22. The lowest BCUT2D eigenvalue weighted by molar-refractivity contribution is 0.00522. The van der Waals surface area contributed by atoms with Crippen molar-refractivity contribution in [3.05, 3.63) is 29.8 Å². The highest BCUT2D eigenvalue weighted by Gasteiger charge is 2.14. The molecular weight excluding hydrogens is 290 g/mol. The van der Waals surface area contributed by atoms with E-state index < -0.39 is 6.10 Å². The van der Waals surface area contributed by atoms with E-state index in [0.29, 0.717) is 31.6 Å². The van der Waals surface area contributed by atoms with E-state index in [1.807, 2.05) is 12.1 Å². The van der Waals surface area contributed by atoms with Gasteiger partial charge in [-0.05, 0) is 29.5 Å². The highest BCUT2D eigenvalue weighted by Crippen LogP contribution is 2.14. The monoisotopic (exact) mass is 323 g/mol. The van der Waals surface area contributed by atoms with Crippen LogP contribution in [0.25, 0.3) is 0 Å². The maximum atomic E-state index is 10.2. The van der Waals surface area contributed by atoms with Crippen LogP contribution in [0, 0.1) is 11.8 Å². The molecule has 0 unspecified atom stereocenters. The Bertz CT molecular complexity index is 417. The number of hydrogen-bond acceptors (Lipinski definition) is 4. The van der Waals surface area contributed by atoms with E-state index in [1.165, 1.54) is 5.56 Å². The number of ether oxygens (including phenoxy) is 2. The van der Waals surface area contributed by atoms with E-state index in [1.54, 1.807) is 7.11 Å². The lowest BCUT2D eigenvalue weighted by Crippen LogP contribution is -2.37. The number of rotatable bonds is 11. The Morgan fingerprint density at radius 1 is 0.957 bits per heavy atom. The van der Waals surface area contributed by atoms with Crippen LogP contribution in [0.4, 0.5) is 0 Å². The Morgan fingerprint density at radius 2 is 1.61 bits per heavy atom. The molecule has 0 saturated heterocycles. The topological polar surface area (TPSA) is 41.9 Å². The molecule has 0 heterocycles. The first-order valence-electron chi connectivity index (χ1n) is 8.51. The quantitative estimate of drug-likeness (QED) is 0.679. The molecule has 0 fully saturated rings. The Morgan fingerprint density at radius 3 is 2.13 bits per heavy atom. The molecule has 0 saturated carbocycles. The first-order valence-corrected chi connectivity index (χ1v) is 8.51. The van der Waals surface area contributed by atoms with Crippen molar-refractivity contribution in [2.24, 2.45) is 11.8 Å². The van der Waals surface area contributed by atoms with Crippen molar-refractivity contribution < 1.29 is 14.6 Å². The van der Waals surface area contributed by atoms with Gasteiger partial charge < -0.3 is 14.6 Å². The van der Waals surface area contributed by atoms with Crippen molar-refractivity contribution in [3.8, 4) is 5.75 Å². The first kappa shape index (κ1) is 19.9. The van der Waals surface area contributed by atoms with Crippen LogP contribution >= 0.6 is 0 Å². The fourth-order valence-corrected chi connectivity index (χ4v) is 2.50. The zero-order valence-corrected chi connectivity index (χ0v) is 15.3. The van der Waals surface area contributed by atoms with Crippen molar-refractivity contribution >= 4 is 0 Å². The molecule has 0 spiro atoms. The molecule has 4 nitrogen and oxygen atoms in total. The van der Waals surface area contributed by atoms with Crippen LogP contribution in [0.15, 0.2) is 24.3 Å². The summed E-state index contributed by atoms with van der Waals surface area (Å²) in [6.45, 7) is 12.1. The highest BCUT2D eigenvalue weighted by atomic mass is 16.5. The fourth-order valence-electron chi connectivity index (χ4n) is 2.50. The summed E-state index contributed by atoms with van der Waals surface area (Å²) in [5.74, 6) is 1.91. The summed E-state index contributed by atoms with van der Waals surface area (Å²) < 4.78 is 10.7. The average molecular weight is 323 g/mol. The van der Waals surface area contributed by atoms with Gasteiger partial charge in [-0.25, -0.2) is 0 Å². The van der Waals surface area contributed by atoms with Gasteiger partial charge in [0.25, 0.3) is 0 Å². The summed E-state index contributed by atoms with van der Waals surface area (Å²) in [5, 5.41) is 10.2.